The summed E-state index contributed by atoms with van der Waals surface area (Å²) in [5.41, 5.74) is 6.25. The van der Waals surface area contributed by atoms with Crippen LogP contribution in [0, 0.1) is 5.92 Å². The first kappa shape index (κ1) is 28.8. The maximum atomic E-state index is 15.4. The lowest BCUT2D eigenvalue weighted by Gasteiger charge is -2.33. The quantitative estimate of drug-likeness (QED) is 0.229. The molecule has 228 valence electrons. The van der Waals surface area contributed by atoms with Crippen molar-refractivity contribution >= 4 is 11.2 Å². The van der Waals surface area contributed by atoms with E-state index in [0.717, 1.165) is 98.8 Å². The van der Waals surface area contributed by atoms with Crippen molar-refractivity contribution in [2.45, 2.75) is 51.1 Å². The van der Waals surface area contributed by atoms with Crippen LogP contribution >= 0.6 is 0 Å². The Morgan fingerprint density at radius 1 is 0.977 bits per heavy atom. The van der Waals surface area contributed by atoms with Crippen LogP contribution in [0.1, 0.15) is 37.1 Å². The number of fused-ring (bicyclic) bond motifs is 1. The first-order valence-corrected chi connectivity index (χ1v) is 15.8. The summed E-state index contributed by atoms with van der Waals surface area (Å²) in [5, 5.41) is 14.0. The number of nitrogens with zero attached hydrogens (tertiary/aromatic N) is 4. The number of hydrogen-bond donors (Lipinski definition) is 2. The molecule has 8 heteroatoms. The van der Waals surface area contributed by atoms with Crippen molar-refractivity contribution in [3.8, 4) is 16.9 Å². The molecule has 1 saturated heterocycles. The summed E-state index contributed by atoms with van der Waals surface area (Å²) in [6.07, 6.45) is 12.8. The lowest BCUT2D eigenvalue weighted by molar-refractivity contribution is 0.0342. The van der Waals surface area contributed by atoms with E-state index in [0.29, 0.717) is 12.0 Å². The third-order valence-corrected chi connectivity index (χ3v) is 9.31. The normalized spacial score (nSPS) is 22.8. The molecule has 0 spiro atoms. The maximum absolute atomic E-state index is 15.4. The van der Waals surface area contributed by atoms with Crippen LogP contribution in [0.25, 0.3) is 16.6 Å². The fourth-order valence-electron chi connectivity index (χ4n) is 6.84. The average molecular weight is 594 g/mol. The van der Waals surface area contributed by atoms with Gasteiger partial charge in [0.1, 0.15) is 11.6 Å². The van der Waals surface area contributed by atoms with E-state index in [1.54, 1.807) is 17.0 Å². The van der Waals surface area contributed by atoms with E-state index in [2.05, 4.69) is 44.0 Å². The van der Waals surface area contributed by atoms with Gasteiger partial charge in [-0.05, 0) is 96.3 Å². The van der Waals surface area contributed by atoms with E-state index in [1.807, 2.05) is 54.9 Å². The number of halogens is 1. The molecule has 1 saturated carbocycles. The van der Waals surface area contributed by atoms with Crippen molar-refractivity contribution in [1.29, 1.82) is 0 Å². The molecule has 0 amide bonds. The highest BCUT2D eigenvalue weighted by molar-refractivity contribution is 5.73. The van der Waals surface area contributed by atoms with Gasteiger partial charge in [-0.25, -0.2) is 9.37 Å². The van der Waals surface area contributed by atoms with Crippen molar-refractivity contribution in [2.24, 2.45) is 5.92 Å². The number of allylic oxidation sites excluding steroid dienone is 2. The molecule has 3 aliphatic rings. The Labute approximate surface area is 258 Å². The number of benzene rings is 2. The van der Waals surface area contributed by atoms with Crippen LogP contribution < -0.4 is 10.2 Å². The second-order valence-corrected chi connectivity index (χ2v) is 12.1. The molecule has 7 nitrogen and oxygen atoms in total. The van der Waals surface area contributed by atoms with Gasteiger partial charge in [0.15, 0.2) is 6.30 Å². The van der Waals surface area contributed by atoms with Gasteiger partial charge in [-0.3, -0.25) is 4.90 Å². The van der Waals surface area contributed by atoms with Crippen LogP contribution in [-0.2, 0) is 17.8 Å². The summed E-state index contributed by atoms with van der Waals surface area (Å²) < 4.78 is 23.0. The molecule has 2 aliphatic heterocycles. The van der Waals surface area contributed by atoms with Crippen molar-refractivity contribution in [2.75, 3.05) is 31.2 Å². The number of aromatic hydroxyl groups is 1. The predicted molar refractivity (Wildman–Crippen MR) is 172 cm³/mol. The number of imidazole rings is 1. The van der Waals surface area contributed by atoms with Gasteiger partial charge < -0.3 is 24.5 Å². The zero-order chi connectivity index (χ0) is 29.9. The summed E-state index contributed by atoms with van der Waals surface area (Å²) in [4.78, 5) is 8.70. The highest BCUT2D eigenvalue weighted by atomic mass is 19.1. The van der Waals surface area contributed by atoms with E-state index >= 15 is 4.39 Å². The average Bonchev–Trinajstić information content (AvgIpc) is 3.48. The summed E-state index contributed by atoms with van der Waals surface area (Å²) in [5.74, 6) is 1.70. The summed E-state index contributed by atoms with van der Waals surface area (Å²) >= 11 is 0. The van der Waals surface area contributed by atoms with Gasteiger partial charge in [0, 0.05) is 43.8 Å². The van der Waals surface area contributed by atoms with Crippen LogP contribution in [-0.4, -0.2) is 58.0 Å². The number of aromatic nitrogens is 2. The van der Waals surface area contributed by atoms with Crippen LogP contribution in [0.3, 0.4) is 0 Å². The highest BCUT2D eigenvalue weighted by Crippen LogP contribution is 2.36. The van der Waals surface area contributed by atoms with Crippen molar-refractivity contribution in [1.82, 2.24) is 19.6 Å². The Morgan fingerprint density at radius 2 is 1.84 bits per heavy atom. The van der Waals surface area contributed by atoms with Crippen molar-refractivity contribution in [3.63, 3.8) is 0 Å². The molecule has 0 bridgehead atoms. The second-order valence-electron chi connectivity index (χ2n) is 12.1. The lowest BCUT2D eigenvalue weighted by Crippen LogP contribution is -2.35. The van der Waals surface area contributed by atoms with E-state index in [-0.39, 0.29) is 5.75 Å². The molecule has 0 radical (unpaired) electrons. The number of nitrogens with one attached hydrogen (secondary N) is 1. The SMILES string of the molecule is Oc1ccc(-c2cccc(N3C=C([C@H]4CC[C@@H](NCc5ncc6ccccn56)CC4)C=CC3F)c2)c(CN2CCOCC2)c1. The van der Waals surface area contributed by atoms with E-state index in [1.165, 1.54) is 5.57 Å². The third kappa shape index (κ3) is 6.29. The van der Waals surface area contributed by atoms with Gasteiger partial charge in [-0.2, -0.15) is 0 Å². The first-order chi connectivity index (χ1) is 21.6. The summed E-state index contributed by atoms with van der Waals surface area (Å²) in [7, 11) is 0. The van der Waals surface area contributed by atoms with Crippen LogP contribution in [0.5, 0.6) is 5.75 Å². The number of ether oxygens (including phenoxy) is 1. The zero-order valence-corrected chi connectivity index (χ0v) is 25.0. The molecule has 2 fully saturated rings. The van der Waals surface area contributed by atoms with Crippen LogP contribution in [0.2, 0.25) is 0 Å². The standard InChI is InChI=1S/C36H40FN5O2/c37-35-14-9-28(26-7-10-30(11-8-26)38-23-36-39-22-32-5-1-2-15-41(32)36)25-42(35)31-6-3-4-27(20-31)34-13-12-33(43)21-29(34)24-40-16-18-44-19-17-40/h1-6,9,12-15,20-22,25-26,30,35,38,43H,7-8,10-11,16-19,23-24H2/t26-,30+,35?. The third-order valence-electron chi connectivity index (χ3n) is 9.31. The van der Waals surface area contributed by atoms with Crippen LogP contribution in [0.15, 0.2) is 97.0 Å². The Kier molecular flexibility index (Phi) is 8.46. The fraction of sp³-hybridized carbons (Fsp3) is 0.361. The maximum Gasteiger partial charge on any atom is 0.195 e. The minimum atomic E-state index is -1.22. The molecule has 1 atom stereocenters. The number of anilines is 1. The minimum Gasteiger partial charge on any atom is -0.508 e. The van der Waals surface area contributed by atoms with Gasteiger partial charge >= 0.3 is 0 Å². The molecule has 1 unspecified atom stereocenters. The first-order valence-electron chi connectivity index (χ1n) is 15.8. The Morgan fingerprint density at radius 3 is 2.70 bits per heavy atom. The van der Waals surface area contributed by atoms with Gasteiger partial charge in [0.05, 0.1) is 31.5 Å². The van der Waals surface area contributed by atoms with Gasteiger partial charge in [0.25, 0.3) is 0 Å². The number of pyridine rings is 1. The molecular weight excluding hydrogens is 553 g/mol. The second kappa shape index (κ2) is 12.9. The number of alkyl halides is 1. The molecule has 7 rings (SSSR count). The van der Waals surface area contributed by atoms with Crippen LogP contribution in [0.4, 0.5) is 10.1 Å². The molecular formula is C36H40FN5O2. The number of morpholine rings is 1. The van der Waals surface area contributed by atoms with Crippen molar-refractivity contribution in [3.05, 3.63) is 108 Å². The van der Waals surface area contributed by atoms with Crippen molar-refractivity contribution < 1.29 is 14.2 Å². The number of rotatable bonds is 8. The smallest absolute Gasteiger partial charge is 0.195 e. The molecule has 4 aromatic rings. The van der Waals surface area contributed by atoms with E-state index in [9.17, 15) is 5.11 Å². The Balaban J connectivity index is 1.03. The van der Waals surface area contributed by atoms with E-state index in [4.69, 9.17) is 4.74 Å². The molecule has 2 N–H and O–H groups in total. The number of phenolic OH excluding ortho intramolecular Hbond substituents is 1. The number of hydrogen-bond acceptors (Lipinski definition) is 6. The molecule has 2 aromatic carbocycles. The van der Waals surface area contributed by atoms with Gasteiger partial charge in [-0.1, -0.05) is 30.3 Å². The largest absolute Gasteiger partial charge is 0.508 e. The zero-order valence-electron chi connectivity index (χ0n) is 25.0. The molecule has 44 heavy (non-hydrogen) atoms. The fourth-order valence-corrected chi connectivity index (χ4v) is 6.84. The molecule has 2 aromatic heterocycles. The molecule has 4 heterocycles. The van der Waals surface area contributed by atoms with Gasteiger partial charge in [-0.15, -0.1) is 0 Å². The topological polar surface area (TPSA) is 65.3 Å². The highest BCUT2D eigenvalue weighted by Gasteiger charge is 2.27. The summed E-state index contributed by atoms with van der Waals surface area (Å²) in [6, 6.07) is 20.2. The predicted octanol–water partition coefficient (Wildman–Crippen LogP) is 6.44. The Bertz CT molecular complexity index is 1650. The minimum absolute atomic E-state index is 0.255. The Hall–Kier alpha value is -3.98. The van der Waals surface area contributed by atoms with Gasteiger partial charge in [0.2, 0.25) is 0 Å². The van der Waals surface area contributed by atoms with E-state index < -0.39 is 6.30 Å². The lowest BCUT2D eigenvalue weighted by atomic mass is 9.81. The number of phenols is 1. The summed E-state index contributed by atoms with van der Waals surface area (Å²) in [6.45, 7) is 4.66. The monoisotopic (exact) mass is 593 g/mol. The molecule has 1 aliphatic carbocycles.